The average molecular weight is 128 g/mol. The number of carbonyl (C=O) groups is 1. The summed E-state index contributed by atoms with van der Waals surface area (Å²) in [5, 5.41) is 5.49. The monoisotopic (exact) mass is 128 g/mol. The highest BCUT2D eigenvalue weighted by Gasteiger charge is 1.96. The summed E-state index contributed by atoms with van der Waals surface area (Å²) in [6, 6.07) is 0. The van der Waals surface area contributed by atoms with E-state index < -0.39 is 0 Å². The predicted octanol–water partition coefficient (Wildman–Crippen LogP) is 0.513. The number of ketones is 1. The lowest BCUT2D eigenvalue weighted by Gasteiger charge is -2.03. The minimum atomic E-state index is 0.0173. The molecule has 0 heterocycles. The molecule has 3 nitrogen and oxygen atoms in total. The minimum absolute atomic E-state index is 0.0173. The van der Waals surface area contributed by atoms with Crippen LogP contribution in [0.25, 0.3) is 0 Å². The molecule has 0 aromatic heterocycles. The molecular weight excluding hydrogens is 116 g/mol. The zero-order valence-electron chi connectivity index (χ0n) is 6.30. The number of nitrogens with zero attached hydrogens (tertiary/aromatic N) is 2. The van der Waals surface area contributed by atoms with Crippen molar-refractivity contribution in [2.75, 3.05) is 14.1 Å². The van der Waals surface area contributed by atoms with Crippen molar-refractivity contribution in [1.82, 2.24) is 5.01 Å². The van der Waals surface area contributed by atoms with E-state index in [4.69, 9.17) is 0 Å². The van der Waals surface area contributed by atoms with Crippen molar-refractivity contribution in [1.29, 1.82) is 0 Å². The molecule has 0 spiro atoms. The largest absolute Gasteiger partial charge is 0.303 e. The van der Waals surface area contributed by atoms with Crippen LogP contribution < -0.4 is 0 Å². The fraction of sp³-hybridized carbons (Fsp3) is 0.667. The van der Waals surface area contributed by atoms with E-state index in [-0.39, 0.29) is 5.78 Å². The summed E-state index contributed by atoms with van der Waals surface area (Å²) in [7, 11) is 3.57. The van der Waals surface area contributed by atoms with Gasteiger partial charge in [0, 0.05) is 21.0 Å². The van der Waals surface area contributed by atoms with Crippen molar-refractivity contribution in [2.45, 2.75) is 13.8 Å². The van der Waals surface area contributed by atoms with Crippen LogP contribution in [0.5, 0.6) is 0 Å². The van der Waals surface area contributed by atoms with Crippen LogP contribution in [0.15, 0.2) is 5.10 Å². The molecule has 0 amide bonds. The molecule has 0 aromatic carbocycles. The first kappa shape index (κ1) is 8.14. The van der Waals surface area contributed by atoms with Crippen LogP contribution in [-0.4, -0.2) is 30.6 Å². The Morgan fingerprint density at radius 2 is 1.78 bits per heavy atom. The van der Waals surface area contributed by atoms with Gasteiger partial charge < -0.3 is 5.01 Å². The average Bonchev–Trinajstić information content (AvgIpc) is 1.63. The first-order valence-corrected chi connectivity index (χ1v) is 2.77. The van der Waals surface area contributed by atoms with Gasteiger partial charge in [-0.25, -0.2) is 0 Å². The van der Waals surface area contributed by atoms with E-state index in [0.717, 1.165) is 0 Å². The molecular formula is C6H12N2O. The third-order valence-electron chi connectivity index (χ3n) is 0.860. The second-order valence-corrected chi connectivity index (χ2v) is 2.09. The Balaban J connectivity index is 4.00. The Bertz CT molecular complexity index is 138. The summed E-state index contributed by atoms with van der Waals surface area (Å²) in [4.78, 5) is 10.5. The Labute approximate surface area is 55.4 Å². The molecule has 0 aliphatic heterocycles. The van der Waals surface area contributed by atoms with E-state index >= 15 is 0 Å². The first-order chi connectivity index (χ1) is 4.04. The zero-order chi connectivity index (χ0) is 7.44. The number of hydrogen-bond donors (Lipinski definition) is 0. The molecule has 0 unspecified atom stereocenters. The van der Waals surface area contributed by atoms with Gasteiger partial charge >= 0.3 is 0 Å². The molecule has 0 rings (SSSR count). The maximum atomic E-state index is 10.5. The highest BCUT2D eigenvalue weighted by Crippen LogP contribution is 1.81. The number of rotatable bonds is 2. The molecule has 0 aliphatic rings. The first-order valence-electron chi connectivity index (χ1n) is 2.77. The molecule has 52 valence electrons. The van der Waals surface area contributed by atoms with Crippen LogP contribution in [0.1, 0.15) is 13.8 Å². The normalized spacial score (nSPS) is 11.3. The zero-order valence-corrected chi connectivity index (χ0v) is 6.30. The summed E-state index contributed by atoms with van der Waals surface area (Å²) in [6.07, 6.45) is 0. The van der Waals surface area contributed by atoms with Crippen molar-refractivity contribution < 1.29 is 4.79 Å². The second-order valence-electron chi connectivity index (χ2n) is 2.09. The van der Waals surface area contributed by atoms with Crippen molar-refractivity contribution >= 4 is 11.5 Å². The fourth-order valence-electron chi connectivity index (χ4n) is 0.370. The van der Waals surface area contributed by atoms with Crippen LogP contribution in [0.3, 0.4) is 0 Å². The van der Waals surface area contributed by atoms with Crippen LogP contribution in [-0.2, 0) is 4.79 Å². The van der Waals surface area contributed by atoms with E-state index in [1.165, 1.54) is 6.92 Å². The third-order valence-corrected chi connectivity index (χ3v) is 0.860. The summed E-state index contributed by atoms with van der Waals surface area (Å²) < 4.78 is 0. The van der Waals surface area contributed by atoms with Crippen molar-refractivity contribution in [3.63, 3.8) is 0 Å². The minimum Gasteiger partial charge on any atom is -0.303 e. The smallest absolute Gasteiger partial charge is 0.175 e. The van der Waals surface area contributed by atoms with Gasteiger partial charge in [-0.2, -0.15) is 5.10 Å². The number of hydrazone groups is 1. The molecule has 0 saturated carbocycles. The topological polar surface area (TPSA) is 32.7 Å². The quantitative estimate of drug-likeness (QED) is 0.401. The SMILES string of the molecule is CC(=O)/C(C)=N/N(C)C. The van der Waals surface area contributed by atoms with Crippen LogP contribution >= 0.6 is 0 Å². The Morgan fingerprint density at radius 1 is 1.33 bits per heavy atom. The summed E-state index contributed by atoms with van der Waals surface area (Å²) in [5.41, 5.74) is 0.542. The molecule has 9 heavy (non-hydrogen) atoms. The molecule has 0 atom stereocenters. The Hall–Kier alpha value is -0.860. The molecule has 0 N–H and O–H groups in total. The van der Waals surface area contributed by atoms with Crippen LogP contribution in [0.4, 0.5) is 0 Å². The van der Waals surface area contributed by atoms with Gasteiger partial charge in [0.25, 0.3) is 0 Å². The van der Waals surface area contributed by atoms with E-state index in [2.05, 4.69) is 5.10 Å². The molecule has 0 radical (unpaired) electrons. The fourth-order valence-corrected chi connectivity index (χ4v) is 0.370. The maximum Gasteiger partial charge on any atom is 0.175 e. The van der Waals surface area contributed by atoms with E-state index in [1.54, 1.807) is 26.0 Å². The molecule has 3 heteroatoms. The van der Waals surface area contributed by atoms with E-state index in [1.807, 2.05) is 0 Å². The highest BCUT2D eigenvalue weighted by atomic mass is 16.1. The van der Waals surface area contributed by atoms with E-state index in [0.29, 0.717) is 5.71 Å². The van der Waals surface area contributed by atoms with Gasteiger partial charge in [0.2, 0.25) is 0 Å². The van der Waals surface area contributed by atoms with Crippen LogP contribution in [0.2, 0.25) is 0 Å². The molecule has 0 saturated heterocycles. The summed E-state index contributed by atoms with van der Waals surface area (Å²) >= 11 is 0. The van der Waals surface area contributed by atoms with Crippen LogP contribution in [0, 0.1) is 0 Å². The van der Waals surface area contributed by atoms with Gasteiger partial charge in [-0.3, -0.25) is 4.79 Å². The number of Topliss-reactive ketones (excluding diaryl/α,β-unsaturated/α-hetero) is 1. The lowest BCUT2D eigenvalue weighted by atomic mass is 10.3. The Kier molecular flexibility index (Phi) is 2.91. The number of hydrogen-bond acceptors (Lipinski definition) is 3. The van der Waals surface area contributed by atoms with Crippen molar-refractivity contribution in [3.8, 4) is 0 Å². The molecule has 0 aromatic rings. The lowest BCUT2D eigenvalue weighted by molar-refractivity contribution is -0.111. The predicted molar refractivity (Wildman–Crippen MR) is 37.5 cm³/mol. The van der Waals surface area contributed by atoms with Crippen molar-refractivity contribution in [3.05, 3.63) is 0 Å². The van der Waals surface area contributed by atoms with Crippen molar-refractivity contribution in [2.24, 2.45) is 5.10 Å². The van der Waals surface area contributed by atoms with Gasteiger partial charge in [0.1, 0.15) is 0 Å². The molecule has 0 aliphatic carbocycles. The lowest BCUT2D eigenvalue weighted by Crippen LogP contribution is -2.11. The molecule has 0 bridgehead atoms. The van der Waals surface area contributed by atoms with Gasteiger partial charge in [-0.1, -0.05) is 0 Å². The molecule has 0 fully saturated rings. The van der Waals surface area contributed by atoms with Gasteiger partial charge in [0.05, 0.1) is 5.71 Å². The summed E-state index contributed by atoms with van der Waals surface area (Å²) in [6.45, 7) is 3.20. The number of carbonyl (C=O) groups excluding carboxylic acids is 1. The maximum absolute atomic E-state index is 10.5. The van der Waals surface area contributed by atoms with Gasteiger partial charge in [0.15, 0.2) is 5.78 Å². The summed E-state index contributed by atoms with van der Waals surface area (Å²) in [5.74, 6) is 0.0173. The third kappa shape index (κ3) is 3.70. The highest BCUT2D eigenvalue weighted by molar-refractivity contribution is 6.37. The Morgan fingerprint density at radius 3 is 1.89 bits per heavy atom. The second kappa shape index (κ2) is 3.22. The van der Waals surface area contributed by atoms with E-state index in [9.17, 15) is 4.79 Å². The van der Waals surface area contributed by atoms with Gasteiger partial charge in [-0.15, -0.1) is 0 Å². The standard InChI is InChI=1S/C6H12N2O/c1-5(6(2)9)7-8(3)4/h1-4H3/b7-5+. The van der Waals surface area contributed by atoms with Gasteiger partial charge in [-0.05, 0) is 6.92 Å².